The van der Waals surface area contributed by atoms with Crippen molar-refractivity contribution in [2.45, 2.75) is 297 Å². The van der Waals surface area contributed by atoms with Crippen molar-refractivity contribution >= 4 is 17.9 Å². The van der Waals surface area contributed by atoms with Crippen LogP contribution < -0.4 is 0 Å². The standard InChI is InChI=1S/C57H104O6/c1-4-7-10-13-16-19-22-25-28-31-34-37-40-43-46-49-55(58)61-52-54(63-57(60)51-48-45-42-39-36-33-30-27-24-21-18-15-12-9-6-3)53-62-56(59)50-47-44-41-38-35-32-29-26-23-20-17-14-11-8-5-2/h25-30,54H,4-24,31-53H2,1-3H3/b28-25-,29-26-,30-27-/i52+2. The van der Waals surface area contributed by atoms with Crippen LogP contribution in [0.15, 0.2) is 36.5 Å². The van der Waals surface area contributed by atoms with E-state index in [9.17, 15) is 14.4 Å². The summed E-state index contributed by atoms with van der Waals surface area (Å²) in [6, 6.07) is 0. The number of hydrogen-bond donors (Lipinski definition) is 0. The van der Waals surface area contributed by atoms with Crippen molar-refractivity contribution < 1.29 is 28.6 Å². The van der Waals surface area contributed by atoms with Crippen LogP contribution in [0, 0.1) is 0 Å². The number of ether oxygens (including phenoxy) is 3. The Labute approximate surface area is 391 Å². The van der Waals surface area contributed by atoms with E-state index < -0.39 is 6.10 Å². The lowest BCUT2D eigenvalue weighted by Gasteiger charge is -2.18. The minimum Gasteiger partial charge on any atom is -0.462 e. The SMILES string of the molecule is CCCCCCCC/C=C\CCCCCCCC(=O)OCC([14CH2]OC(=O)CCCCCCC/C=C\CCCCCCCC)OC(=O)CCCCCCC/C=C\CCCCCCCC. The zero-order chi connectivity index (χ0) is 45.8. The lowest BCUT2D eigenvalue weighted by molar-refractivity contribution is -0.167. The molecule has 368 valence electrons. The van der Waals surface area contributed by atoms with Crippen LogP contribution in [0.1, 0.15) is 290 Å². The second-order valence-electron chi connectivity index (χ2n) is 18.5. The van der Waals surface area contributed by atoms with Gasteiger partial charge in [-0.05, 0) is 96.3 Å². The molecule has 0 aliphatic rings. The number of rotatable bonds is 50. The maximum atomic E-state index is 12.8. The molecule has 1 unspecified atom stereocenters. The Morgan fingerprint density at radius 1 is 0.349 bits per heavy atom. The van der Waals surface area contributed by atoms with E-state index in [-0.39, 0.29) is 31.1 Å². The van der Waals surface area contributed by atoms with Crippen molar-refractivity contribution in [3.63, 3.8) is 0 Å². The first-order valence-electron chi connectivity index (χ1n) is 27.5. The number of unbranched alkanes of at least 4 members (excludes halogenated alkanes) is 33. The van der Waals surface area contributed by atoms with Crippen molar-refractivity contribution in [1.29, 1.82) is 0 Å². The fraction of sp³-hybridized carbons (Fsp3) is 0.842. The minimum atomic E-state index is -0.781. The summed E-state index contributed by atoms with van der Waals surface area (Å²) in [5.74, 6) is -0.893. The molecule has 0 aliphatic heterocycles. The molecule has 0 aliphatic carbocycles. The molecule has 0 fully saturated rings. The van der Waals surface area contributed by atoms with Gasteiger partial charge in [0.25, 0.3) is 0 Å². The summed E-state index contributed by atoms with van der Waals surface area (Å²) in [6.45, 7) is 6.63. The highest BCUT2D eigenvalue weighted by Gasteiger charge is 2.19. The van der Waals surface area contributed by atoms with Gasteiger partial charge in [-0.15, -0.1) is 0 Å². The number of allylic oxidation sites excluding steroid dienone is 6. The highest BCUT2D eigenvalue weighted by molar-refractivity contribution is 5.71. The van der Waals surface area contributed by atoms with Gasteiger partial charge in [0.1, 0.15) is 13.2 Å². The lowest BCUT2D eigenvalue weighted by Crippen LogP contribution is -2.30. The van der Waals surface area contributed by atoms with Crippen LogP contribution in [0.4, 0.5) is 0 Å². The average Bonchev–Trinajstić information content (AvgIpc) is 3.28. The topological polar surface area (TPSA) is 78.9 Å². The molecule has 0 aromatic rings. The van der Waals surface area contributed by atoms with Gasteiger partial charge >= 0.3 is 17.9 Å². The Morgan fingerprint density at radius 3 is 0.952 bits per heavy atom. The molecule has 1 atom stereocenters. The zero-order valence-electron chi connectivity index (χ0n) is 42.1. The Balaban J connectivity index is 4.39. The maximum absolute atomic E-state index is 12.8. The predicted molar refractivity (Wildman–Crippen MR) is 270 cm³/mol. The molecule has 0 amide bonds. The van der Waals surface area contributed by atoms with E-state index in [2.05, 4.69) is 57.2 Å². The monoisotopic (exact) mass is 887 g/mol. The normalized spacial score (nSPS) is 12.2. The van der Waals surface area contributed by atoms with E-state index in [1.165, 1.54) is 173 Å². The fourth-order valence-electron chi connectivity index (χ4n) is 7.90. The van der Waals surface area contributed by atoms with Gasteiger partial charge in [-0.1, -0.05) is 211 Å². The van der Waals surface area contributed by atoms with Crippen molar-refractivity contribution in [2.75, 3.05) is 13.2 Å². The van der Waals surface area contributed by atoms with E-state index in [4.69, 9.17) is 14.2 Å². The third kappa shape index (κ3) is 50.5. The fourth-order valence-corrected chi connectivity index (χ4v) is 7.90. The molecule has 0 saturated heterocycles. The van der Waals surface area contributed by atoms with Gasteiger partial charge in [0.15, 0.2) is 6.10 Å². The third-order valence-electron chi connectivity index (χ3n) is 12.1. The van der Waals surface area contributed by atoms with Crippen LogP contribution in [0.3, 0.4) is 0 Å². The molecule has 0 heterocycles. The van der Waals surface area contributed by atoms with E-state index in [1.807, 2.05) is 0 Å². The Morgan fingerprint density at radius 2 is 0.619 bits per heavy atom. The third-order valence-corrected chi connectivity index (χ3v) is 12.1. The molecule has 0 bridgehead atoms. The first-order valence-corrected chi connectivity index (χ1v) is 27.5. The van der Waals surface area contributed by atoms with Crippen molar-refractivity contribution in [3.8, 4) is 0 Å². The average molecular weight is 887 g/mol. The molecule has 0 radical (unpaired) electrons. The Kier molecular flexibility index (Phi) is 50.3. The first-order chi connectivity index (χ1) is 31.0. The molecule has 0 aromatic carbocycles. The Bertz CT molecular complexity index is 1010. The smallest absolute Gasteiger partial charge is 0.306 e. The summed E-state index contributed by atoms with van der Waals surface area (Å²) >= 11 is 0. The van der Waals surface area contributed by atoms with Gasteiger partial charge in [0, 0.05) is 19.3 Å². The number of carbonyl (C=O) groups excluding carboxylic acids is 3. The molecule has 0 spiro atoms. The van der Waals surface area contributed by atoms with Crippen LogP contribution in [0.25, 0.3) is 0 Å². The predicted octanol–water partition coefficient (Wildman–Crippen LogP) is 18.1. The zero-order valence-corrected chi connectivity index (χ0v) is 42.1. The summed E-state index contributed by atoms with van der Waals surface area (Å²) in [7, 11) is 0. The van der Waals surface area contributed by atoms with Gasteiger partial charge in [-0.2, -0.15) is 0 Å². The molecule has 6 heteroatoms. The molecule has 0 rings (SSSR count). The Hall–Kier alpha value is -2.37. The van der Waals surface area contributed by atoms with Crippen LogP contribution in [-0.4, -0.2) is 37.2 Å². The summed E-state index contributed by atoms with van der Waals surface area (Å²) in [5.41, 5.74) is 0. The second kappa shape index (κ2) is 52.3. The number of esters is 3. The largest absolute Gasteiger partial charge is 0.462 e. The quantitative estimate of drug-likeness (QED) is 0.0262. The summed E-state index contributed by atoms with van der Waals surface area (Å²) in [5, 5.41) is 0. The molecule has 6 nitrogen and oxygen atoms in total. The lowest BCUT2D eigenvalue weighted by atomic mass is 10.1. The van der Waals surface area contributed by atoms with Gasteiger partial charge in [-0.3, -0.25) is 14.4 Å². The van der Waals surface area contributed by atoms with Gasteiger partial charge in [0.05, 0.1) is 0 Å². The highest BCUT2D eigenvalue weighted by atomic mass is 16.7. The van der Waals surface area contributed by atoms with E-state index in [1.54, 1.807) is 0 Å². The van der Waals surface area contributed by atoms with E-state index >= 15 is 0 Å². The minimum absolute atomic E-state index is 0.0806. The summed E-state index contributed by atoms with van der Waals surface area (Å²) in [6.07, 6.45) is 61.2. The van der Waals surface area contributed by atoms with Crippen LogP contribution in [-0.2, 0) is 28.6 Å². The van der Waals surface area contributed by atoms with Crippen molar-refractivity contribution in [1.82, 2.24) is 0 Å². The first kappa shape index (κ1) is 60.6. The van der Waals surface area contributed by atoms with Crippen LogP contribution in [0.5, 0.6) is 0 Å². The molecule has 0 aromatic heterocycles. The summed E-state index contributed by atoms with van der Waals surface area (Å²) in [4.78, 5) is 38.0. The molecular formula is C57H104O6. The number of hydrogen-bond acceptors (Lipinski definition) is 6. The number of carbonyl (C=O) groups is 3. The van der Waals surface area contributed by atoms with E-state index in [0.29, 0.717) is 19.3 Å². The van der Waals surface area contributed by atoms with Crippen molar-refractivity contribution in [2.24, 2.45) is 0 Å². The van der Waals surface area contributed by atoms with Crippen molar-refractivity contribution in [3.05, 3.63) is 36.5 Å². The van der Waals surface area contributed by atoms with Gasteiger partial charge in [-0.25, -0.2) is 0 Å². The van der Waals surface area contributed by atoms with Gasteiger partial charge in [0.2, 0.25) is 0 Å². The van der Waals surface area contributed by atoms with E-state index in [0.717, 1.165) is 77.0 Å². The summed E-state index contributed by atoms with van der Waals surface area (Å²) < 4.78 is 16.8. The molecule has 0 N–H and O–H groups in total. The second-order valence-corrected chi connectivity index (χ2v) is 18.5. The van der Waals surface area contributed by atoms with Crippen LogP contribution >= 0.6 is 0 Å². The molecule has 0 saturated carbocycles. The highest BCUT2D eigenvalue weighted by Crippen LogP contribution is 2.15. The molecular weight excluding hydrogens is 783 g/mol. The molecule has 63 heavy (non-hydrogen) atoms. The van der Waals surface area contributed by atoms with Crippen LogP contribution in [0.2, 0.25) is 0 Å². The van der Waals surface area contributed by atoms with Gasteiger partial charge < -0.3 is 14.2 Å². The maximum Gasteiger partial charge on any atom is 0.306 e.